The van der Waals surface area contributed by atoms with Crippen molar-refractivity contribution in [2.75, 3.05) is 0 Å². The Bertz CT molecular complexity index is 583. The molecule has 2 aromatic carbocycles. The van der Waals surface area contributed by atoms with E-state index >= 15 is 0 Å². The molecule has 0 saturated carbocycles. The first-order valence-electron chi connectivity index (χ1n) is 6.44. The Kier molecular flexibility index (Phi) is 3.24. The van der Waals surface area contributed by atoms with Gasteiger partial charge in [0.05, 0.1) is 12.0 Å². The number of hydrogen-bond acceptors (Lipinski definition) is 2. The molecule has 2 aromatic rings. The van der Waals surface area contributed by atoms with Crippen molar-refractivity contribution >= 4 is 23.2 Å². The summed E-state index contributed by atoms with van der Waals surface area (Å²) >= 11 is 5.19. The van der Waals surface area contributed by atoms with Gasteiger partial charge in [0.1, 0.15) is 0 Å². The van der Waals surface area contributed by atoms with E-state index in [1.807, 2.05) is 60.7 Å². The smallest absolute Gasteiger partial charge is 0.229 e. The molecule has 0 aliphatic carbocycles. The molecule has 1 heterocycles. The van der Waals surface area contributed by atoms with Gasteiger partial charge >= 0.3 is 0 Å². The van der Waals surface area contributed by atoms with Gasteiger partial charge in [-0.2, -0.15) is 0 Å². The summed E-state index contributed by atoms with van der Waals surface area (Å²) < 4.78 is 0. The maximum absolute atomic E-state index is 12.0. The molecule has 1 fully saturated rings. The summed E-state index contributed by atoms with van der Waals surface area (Å²) in [6, 6.07) is 19.9. The zero-order chi connectivity index (χ0) is 14.0. The molecule has 0 spiro atoms. The van der Waals surface area contributed by atoms with E-state index in [-0.39, 0.29) is 5.91 Å². The minimum atomic E-state index is -0.595. The van der Waals surface area contributed by atoms with E-state index < -0.39 is 5.54 Å². The highest BCUT2D eigenvalue weighted by Gasteiger charge is 2.40. The van der Waals surface area contributed by atoms with Crippen LogP contribution in [0.2, 0.25) is 0 Å². The minimum absolute atomic E-state index is 0.0681. The number of carbonyl (C=O) groups excluding carboxylic acids is 1. The first kappa shape index (κ1) is 12.8. The van der Waals surface area contributed by atoms with E-state index in [0.717, 1.165) is 11.1 Å². The molecule has 3 rings (SSSR count). The zero-order valence-corrected chi connectivity index (χ0v) is 11.6. The highest BCUT2D eigenvalue weighted by atomic mass is 32.1. The van der Waals surface area contributed by atoms with Crippen molar-refractivity contribution in [1.29, 1.82) is 0 Å². The van der Waals surface area contributed by atoms with E-state index in [1.165, 1.54) is 0 Å². The van der Waals surface area contributed by atoms with Gasteiger partial charge in [0.25, 0.3) is 0 Å². The van der Waals surface area contributed by atoms with Gasteiger partial charge in [-0.15, -0.1) is 0 Å². The Hall–Kier alpha value is -2.20. The van der Waals surface area contributed by atoms with Crippen LogP contribution < -0.4 is 10.6 Å². The predicted molar refractivity (Wildman–Crippen MR) is 82.2 cm³/mol. The normalized spacial score (nSPS) is 17.2. The topological polar surface area (TPSA) is 41.1 Å². The van der Waals surface area contributed by atoms with Crippen molar-refractivity contribution in [2.24, 2.45) is 0 Å². The number of rotatable bonds is 2. The van der Waals surface area contributed by atoms with Crippen LogP contribution in [0.4, 0.5) is 0 Å². The van der Waals surface area contributed by atoms with E-state index in [2.05, 4.69) is 10.6 Å². The molecule has 2 N–H and O–H groups in total. The van der Waals surface area contributed by atoms with Gasteiger partial charge in [-0.25, -0.2) is 0 Å². The second kappa shape index (κ2) is 5.06. The van der Waals surface area contributed by atoms with Gasteiger partial charge in [-0.3, -0.25) is 4.79 Å². The quantitative estimate of drug-likeness (QED) is 0.831. The maximum Gasteiger partial charge on any atom is 0.229 e. The summed E-state index contributed by atoms with van der Waals surface area (Å²) in [6.07, 6.45) is 0.321. The van der Waals surface area contributed by atoms with Crippen molar-refractivity contribution < 1.29 is 4.79 Å². The molecule has 20 heavy (non-hydrogen) atoms. The SMILES string of the molecule is O=C1CC(c2ccccc2)(c2ccccc2)NC(=S)N1. The molecule has 1 saturated heterocycles. The molecule has 0 radical (unpaired) electrons. The highest BCUT2D eigenvalue weighted by Crippen LogP contribution is 2.34. The highest BCUT2D eigenvalue weighted by molar-refractivity contribution is 7.80. The Labute approximate surface area is 123 Å². The van der Waals surface area contributed by atoms with Crippen LogP contribution in [0.5, 0.6) is 0 Å². The molecule has 1 amide bonds. The summed E-state index contributed by atoms with van der Waals surface area (Å²) in [4.78, 5) is 12.0. The molecule has 1 aliphatic rings. The maximum atomic E-state index is 12.0. The lowest BCUT2D eigenvalue weighted by molar-refractivity contribution is -0.121. The van der Waals surface area contributed by atoms with Gasteiger partial charge in [0.15, 0.2) is 5.11 Å². The average molecular weight is 282 g/mol. The molecule has 0 unspecified atom stereocenters. The Balaban J connectivity index is 2.18. The third-order valence-corrected chi connectivity index (χ3v) is 3.74. The molecule has 100 valence electrons. The second-order valence-corrected chi connectivity index (χ2v) is 5.22. The van der Waals surface area contributed by atoms with Crippen molar-refractivity contribution in [3.63, 3.8) is 0 Å². The van der Waals surface area contributed by atoms with Crippen LogP contribution in [0.1, 0.15) is 17.5 Å². The van der Waals surface area contributed by atoms with Gasteiger partial charge < -0.3 is 10.6 Å². The van der Waals surface area contributed by atoms with Crippen LogP contribution >= 0.6 is 12.2 Å². The summed E-state index contributed by atoms with van der Waals surface area (Å²) in [5.74, 6) is -0.0681. The third-order valence-electron chi connectivity index (χ3n) is 3.54. The van der Waals surface area contributed by atoms with Gasteiger partial charge in [0.2, 0.25) is 5.91 Å². The number of benzene rings is 2. The zero-order valence-electron chi connectivity index (χ0n) is 10.8. The molecule has 3 nitrogen and oxygen atoms in total. The minimum Gasteiger partial charge on any atom is -0.348 e. The van der Waals surface area contributed by atoms with E-state index in [4.69, 9.17) is 12.2 Å². The van der Waals surface area contributed by atoms with Crippen molar-refractivity contribution in [1.82, 2.24) is 10.6 Å². The fourth-order valence-corrected chi connectivity index (χ4v) is 2.93. The van der Waals surface area contributed by atoms with E-state index in [1.54, 1.807) is 0 Å². The lowest BCUT2D eigenvalue weighted by atomic mass is 9.79. The molecular weight excluding hydrogens is 268 g/mol. The molecule has 0 bridgehead atoms. The fourth-order valence-electron chi connectivity index (χ4n) is 2.64. The molecule has 0 atom stereocenters. The van der Waals surface area contributed by atoms with Crippen LogP contribution in [0.3, 0.4) is 0 Å². The third kappa shape index (κ3) is 2.18. The van der Waals surface area contributed by atoms with E-state index in [0.29, 0.717) is 11.5 Å². The number of thiocarbonyl (C=S) groups is 1. The van der Waals surface area contributed by atoms with Crippen LogP contribution in [0.25, 0.3) is 0 Å². The number of carbonyl (C=O) groups is 1. The summed E-state index contributed by atoms with van der Waals surface area (Å²) in [7, 11) is 0. The number of nitrogens with one attached hydrogen (secondary N) is 2. The van der Waals surface area contributed by atoms with Gasteiger partial charge in [0, 0.05) is 0 Å². The van der Waals surface area contributed by atoms with Crippen LogP contribution in [-0.2, 0) is 10.3 Å². The number of amides is 1. The second-order valence-electron chi connectivity index (χ2n) is 4.82. The van der Waals surface area contributed by atoms with E-state index in [9.17, 15) is 4.79 Å². The monoisotopic (exact) mass is 282 g/mol. The first-order chi connectivity index (χ1) is 9.71. The lowest BCUT2D eigenvalue weighted by Gasteiger charge is -2.39. The molecule has 0 aromatic heterocycles. The van der Waals surface area contributed by atoms with Gasteiger partial charge in [-0.1, -0.05) is 60.7 Å². The fraction of sp³-hybridized carbons (Fsp3) is 0.125. The average Bonchev–Trinajstić information content (AvgIpc) is 2.48. The van der Waals surface area contributed by atoms with Crippen LogP contribution in [0.15, 0.2) is 60.7 Å². The van der Waals surface area contributed by atoms with Gasteiger partial charge in [-0.05, 0) is 23.3 Å². The molecule has 4 heteroatoms. The largest absolute Gasteiger partial charge is 0.348 e. The standard InChI is InChI=1S/C16H14N2OS/c19-14-11-16(18-15(20)17-14,12-7-3-1-4-8-12)13-9-5-2-6-10-13/h1-10H,11H2,(H2,17,18,19,20). The lowest BCUT2D eigenvalue weighted by Crippen LogP contribution is -2.59. The Morgan fingerprint density at radius 2 is 1.40 bits per heavy atom. The van der Waals surface area contributed by atoms with Crippen molar-refractivity contribution in [2.45, 2.75) is 12.0 Å². The van der Waals surface area contributed by atoms with Crippen LogP contribution in [-0.4, -0.2) is 11.0 Å². The predicted octanol–water partition coefficient (Wildman–Crippen LogP) is 2.32. The Morgan fingerprint density at radius 3 is 1.85 bits per heavy atom. The summed E-state index contributed by atoms with van der Waals surface area (Å²) in [6.45, 7) is 0. The van der Waals surface area contributed by atoms with Crippen molar-refractivity contribution in [3.8, 4) is 0 Å². The first-order valence-corrected chi connectivity index (χ1v) is 6.84. The summed E-state index contributed by atoms with van der Waals surface area (Å²) in [5, 5.41) is 6.32. The Morgan fingerprint density at radius 1 is 0.900 bits per heavy atom. The number of hydrogen-bond donors (Lipinski definition) is 2. The molecular formula is C16H14N2OS. The van der Waals surface area contributed by atoms with Crippen molar-refractivity contribution in [3.05, 3.63) is 71.8 Å². The molecule has 1 aliphatic heterocycles. The van der Waals surface area contributed by atoms with Crippen LogP contribution in [0, 0.1) is 0 Å². The summed E-state index contributed by atoms with van der Waals surface area (Å²) in [5.41, 5.74) is 1.47.